The Bertz CT molecular complexity index is 140. The van der Waals surface area contributed by atoms with Crippen molar-refractivity contribution in [3.05, 3.63) is 0 Å². The van der Waals surface area contributed by atoms with E-state index in [9.17, 15) is 4.79 Å². The molecule has 0 bridgehead atoms. The summed E-state index contributed by atoms with van der Waals surface area (Å²) in [5.41, 5.74) is 0. The second-order valence-electron chi connectivity index (χ2n) is 3.44. The van der Waals surface area contributed by atoms with Crippen LogP contribution in [0.15, 0.2) is 0 Å². The van der Waals surface area contributed by atoms with Crippen molar-refractivity contribution >= 4 is 5.91 Å². The third-order valence-electron chi connectivity index (χ3n) is 2.14. The van der Waals surface area contributed by atoms with Crippen LogP contribution < -0.4 is 0 Å². The summed E-state index contributed by atoms with van der Waals surface area (Å²) in [6.07, 6.45) is 1.06. The number of likely N-dealkylation sites (tertiary alicyclic amines) is 1. The molecule has 1 unspecified atom stereocenters. The van der Waals surface area contributed by atoms with E-state index in [1.54, 1.807) is 0 Å². The molecule has 0 aliphatic carbocycles. The number of carbonyl (C=O) groups is 1. The lowest BCUT2D eigenvalue weighted by atomic mass is 10.1. The molecular weight excluding hydrogens is 114 g/mol. The summed E-state index contributed by atoms with van der Waals surface area (Å²) in [5.74, 6) is 0.676. The molecule has 0 aromatic rings. The molecule has 52 valence electrons. The van der Waals surface area contributed by atoms with Crippen LogP contribution in [0.5, 0.6) is 0 Å². The smallest absolute Gasteiger partial charge is 0.265 e. The highest BCUT2D eigenvalue weighted by Gasteiger charge is 2.38. The number of rotatable bonds is 0. The van der Waals surface area contributed by atoms with Gasteiger partial charge in [-0.05, 0) is 6.92 Å². The van der Waals surface area contributed by atoms with E-state index in [1.165, 1.54) is 0 Å². The number of hydrogen-bond donors (Lipinski definition) is 0. The van der Waals surface area contributed by atoms with Crippen LogP contribution in [-0.4, -0.2) is 31.0 Å². The highest BCUT2D eigenvalue weighted by molar-refractivity contribution is 5.72. The molecule has 9 heavy (non-hydrogen) atoms. The molecular formula is C7H14NO+. The number of nitrogens with zero attached hydrogens (tertiary/aromatic N) is 1. The predicted octanol–water partition coefficient (Wildman–Crippen LogP) is 0.629. The van der Waals surface area contributed by atoms with Crippen LogP contribution in [0.25, 0.3) is 0 Å². The lowest BCUT2D eigenvalue weighted by Crippen LogP contribution is -2.41. The summed E-state index contributed by atoms with van der Waals surface area (Å²) >= 11 is 0. The van der Waals surface area contributed by atoms with E-state index >= 15 is 0 Å². The van der Waals surface area contributed by atoms with Crippen molar-refractivity contribution in [1.29, 1.82) is 0 Å². The summed E-state index contributed by atoms with van der Waals surface area (Å²) in [4.78, 5) is 11.2. The maximum absolute atomic E-state index is 11.2. The minimum atomic E-state index is 0.292. The second kappa shape index (κ2) is 1.81. The maximum Gasteiger partial charge on any atom is 0.316 e. The van der Waals surface area contributed by atoms with Gasteiger partial charge in [-0.15, -0.1) is 0 Å². The molecule has 1 amide bonds. The number of quaternary nitrogens is 1. The Morgan fingerprint density at radius 2 is 2.11 bits per heavy atom. The first-order valence-corrected chi connectivity index (χ1v) is 3.41. The predicted molar refractivity (Wildman–Crippen MR) is 35.8 cm³/mol. The molecule has 1 saturated heterocycles. The molecule has 0 saturated carbocycles. The highest BCUT2D eigenvalue weighted by atomic mass is 16.2. The molecule has 2 heteroatoms. The van der Waals surface area contributed by atoms with Gasteiger partial charge in [-0.2, -0.15) is 0 Å². The van der Waals surface area contributed by atoms with Crippen molar-refractivity contribution < 1.29 is 9.28 Å². The fourth-order valence-corrected chi connectivity index (χ4v) is 1.35. The van der Waals surface area contributed by atoms with Gasteiger partial charge in [0.1, 0.15) is 0 Å². The minimum Gasteiger partial charge on any atom is -0.265 e. The molecule has 0 N–H and O–H groups in total. The van der Waals surface area contributed by atoms with E-state index in [-0.39, 0.29) is 0 Å². The third kappa shape index (κ3) is 0.990. The largest absolute Gasteiger partial charge is 0.316 e. The highest BCUT2D eigenvalue weighted by Crippen LogP contribution is 2.20. The monoisotopic (exact) mass is 128 g/mol. The Labute approximate surface area is 56.1 Å². The molecule has 0 radical (unpaired) electrons. The summed E-state index contributed by atoms with van der Waals surface area (Å²) in [6.45, 7) is 3.02. The molecule has 0 aromatic carbocycles. The van der Waals surface area contributed by atoms with Gasteiger partial charge in [0.25, 0.3) is 0 Å². The second-order valence-corrected chi connectivity index (χ2v) is 3.44. The van der Waals surface area contributed by atoms with E-state index in [4.69, 9.17) is 0 Å². The lowest BCUT2D eigenvalue weighted by Gasteiger charge is -2.19. The van der Waals surface area contributed by atoms with Crippen molar-refractivity contribution in [2.75, 3.05) is 20.6 Å². The zero-order valence-electron chi connectivity index (χ0n) is 6.35. The number of carbonyl (C=O) groups excluding carboxylic acids is 1. The summed E-state index contributed by atoms with van der Waals surface area (Å²) in [6, 6.07) is 0. The average molecular weight is 128 g/mol. The minimum absolute atomic E-state index is 0.292. The fraction of sp³-hybridized carbons (Fsp3) is 0.857. The summed E-state index contributed by atoms with van der Waals surface area (Å²) in [5, 5.41) is 0. The molecule has 1 fully saturated rings. The molecule has 1 heterocycles. The zero-order valence-corrected chi connectivity index (χ0v) is 6.35. The van der Waals surface area contributed by atoms with Gasteiger partial charge in [0.2, 0.25) is 0 Å². The Morgan fingerprint density at radius 1 is 1.56 bits per heavy atom. The molecule has 1 rings (SSSR count). The van der Waals surface area contributed by atoms with Crippen LogP contribution in [0.2, 0.25) is 0 Å². The standard InChI is InChI=1S/C7H14NO/c1-6-4-5-8(2,3)7(6)9/h6H,4-5H2,1-3H3/q+1. The first-order valence-electron chi connectivity index (χ1n) is 3.41. The fourth-order valence-electron chi connectivity index (χ4n) is 1.35. The van der Waals surface area contributed by atoms with Crippen molar-refractivity contribution in [2.24, 2.45) is 5.92 Å². The van der Waals surface area contributed by atoms with E-state index in [1.807, 2.05) is 21.0 Å². The molecule has 2 nitrogen and oxygen atoms in total. The Morgan fingerprint density at radius 3 is 2.22 bits per heavy atom. The number of hydrogen-bond acceptors (Lipinski definition) is 1. The third-order valence-corrected chi connectivity index (χ3v) is 2.14. The normalized spacial score (nSPS) is 33.2. The maximum atomic E-state index is 11.2. The quantitative estimate of drug-likeness (QED) is 0.437. The Kier molecular flexibility index (Phi) is 1.35. The van der Waals surface area contributed by atoms with Crippen LogP contribution in [-0.2, 0) is 4.79 Å². The Balaban J connectivity index is 2.74. The SMILES string of the molecule is CC1CC[N+](C)(C)C1=O. The van der Waals surface area contributed by atoms with E-state index in [2.05, 4.69) is 0 Å². The van der Waals surface area contributed by atoms with Gasteiger partial charge in [0, 0.05) is 6.42 Å². The number of amides is 1. The van der Waals surface area contributed by atoms with E-state index in [0.29, 0.717) is 16.3 Å². The summed E-state index contributed by atoms with van der Waals surface area (Å²) in [7, 11) is 3.96. The average Bonchev–Trinajstić information content (AvgIpc) is 1.97. The molecule has 1 aliphatic rings. The molecule has 0 spiro atoms. The van der Waals surface area contributed by atoms with Gasteiger partial charge in [0.15, 0.2) is 0 Å². The molecule has 1 atom stereocenters. The van der Waals surface area contributed by atoms with Crippen molar-refractivity contribution in [3.8, 4) is 0 Å². The van der Waals surface area contributed by atoms with Crippen molar-refractivity contribution in [2.45, 2.75) is 13.3 Å². The van der Waals surface area contributed by atoms with E-state index in [0.717, 1.165) is 13.0 Å². The van der Waals surface area contributed by atoms with Gasteiger partial charge in [-0.3, -0.25) is 4.48 Å². The van der Waals surface area contributed by atoms with Gasteiger partial charge in [-0.25, -0.2) is 4.79 Å². The topological polar surface area (TPSA) is 17.1 Å². The van der Waals surface area contributed by atoms with Crippen LogP contribution >= 0.6 is 0 Å². The van der Waals surface area contributed by atoms with Gasteiger partial charge in [-0.1, -0.05) is 0 Å². The molecule has 1 aliphatic heterocycles. The first-order chi connectivity index (χ1) is 4.04. The van der Waals surface area contributed by atoms with E-state index < -0.39 is 0 Å². The lowest BCUT2D eigenvalue weighted by molar-refractivity contribution is -0.805. The van der Waals surface area contributed by atoms with Gasteiger partial charge < -0.3 is 0 Å². The van der Waals surface area contributed by atoms with Crippen molar-refractivity contribution in [3.63, 3.8) is 0 Å². The zero-order chi connectivity index (χ0) is 7.07. The first kappa shape index (κ1) is 6.75. The van der Waals surface area contributed by atoms with Gasteiger partial charge >= 0.3 is 5.91 Å². The molecule has 0 aromatic heterocycles. The van der Waals surface area contributed by atoms with Crippen LogP contribution in [0, 0.1) is 5.92 Å². The van der Waals surface area contributed by atoms with Crippen molar-refractivity contribution in [1.82, 2.24) is 0 Å². The van der Waals surface area contributed by atoms with Crippen LogP contribution in [0.1, 0.15) is 13.3 Å². The van der Waals surface area contributed by atoms with Gasteiger partial charge in [0.05, 0.1) is 26.6 Å². The van der Waals surface area contributed by atoms with Crippen LogP contribution in [0.4, 0.5) is 0 Å². The summed E-state index contributed by atoms with van der Waals surface area (Å²) < 4.78 is 0.584. The van der Waals surface area contributed by atoms with Crippen LogP contribution in [0.3, 0.4) is 0 Å². The Hall–Kier alpha value is -0.370.